The minimum atomic E-state index is -0.538. The molecule has 0 unspecified atom stereocenters. The fourth-order valence-corrected chi connectivity index (χ4v) is 5.01. The Kier molecular flexibility index (Phi) is 7.59. The van der Waals surface area contributed by atoms with E-state index in [-0.39, 0.29) is 11.7 Å². The number of benzene rings is 2. The molecule has 0 bridgehead atoms. The van der Waals surface area contributed by atoms with Gasteiger partial charge >= 0.3 is 5.97 Å². The highest BCUT2D eigenvalue weighted by atomic mass is 16.5. The summed E-state index contributed by atoms with van der Waals surface area (Å²) in [5.74, 6) is 0.375. The van der Waals surface area contributed by atoms with E-state index in [1.54, 1.807) is 7.11 Å². The number of nitrogens with one attached hydrogen (secondary N) is 1. The number of ether oxygens (including phenoxy) is 3. The molecule has 6 nitrogen and oxygen atoms in total. The average Bonchev–Trinajstić information content (AvgIpc) is 2.87. The molecule has 2 aromatic rings. The van der Waals surface area contributed by atoms with Crippen molar-refractivity contribution in [1.82, 2.24) is 5.32 Å². The second kappa shape index (κ2) is 10.8. The number of carbonyl (C=O) groups is 2. The van der Waals surface area contributed by atoms with E-state index < -0.39 is 11.9 Å². The first-order chi connectivity index (χ1) is 17.0. The van der Waals surface area contributed by atoms with Gasteiger partial charge in [0.05, 0.1) is 25.9 Å². The van der Waals surface area contributed by atoms with Gasteiger partial charge in [-0.15, -0.1) is 0 Å². The van der Waals surface area contributed by atoms with Crippen molar-refractivity contribution in [2.24, 2.45) is 0 Å². The van der Waals surface area contributed by atoms with E-state index in [0.29, 0.717) is 54.4 Å². The number of rotatable bonds is 8. The van der Waals surface area contributed by atoms with Gasteiger partial charge < -0.3 is 19.5 Å². The number of hydrogen-bond donors (Lipinski definition) is 1. The molecule has 0 fully saturated rings. The number of carbonyl (C=O) groups excluding carboxylic acids is 2. The molecule has 0 spiro atoms. The minimum Gasteiger partial charge on any atom is -0.493 e. The van der Waals surface area contributed by atoms with Crippen molar-refractivity contribution >= 4 is 11.8 Å². The SMILES string of the molecule is CCCOC(=O)C1=C(C)NC2=C(C(=O)C[C@@H](c3ccccc3)C2)[C@@H]1c1ccc(OCC)c(OC)c1. The molecule has 0 radical (unpaired) electrons. The Balaban J connectivity index is 1.81. The summed E-state index contributed by atoms with van der Waals surface area (Å²) >= 11 is 0. The van der Waals surface area contributed by atoms with Crippen LogP contribution in [0, 0.1) is 0 Å². The molecule has 1 N–H and O–H groups in total. The molecule has 2 aromatic carbocycles. The van der Waals surface area contributed by atoms with Crippen LogP contribution >= 0.6 is 0 Å². The van der Waals surface area contributed by atoms with Gasteiger partial charge in [0.2, 0.25) is 0 Å². The van der Waals surface area contributed by atoms with Crippen LogP contribution < -0.4 is 14.8 Å². The minimum absolute atomic E-state index is 0.0405. The van der Waals surface area contributed by atoms with Crippen LogP contribution in [0.25, 0.3) is 0 Å². The van der Waals surface area contributed by atoms with Crippen molar-refractivity contribution in [2.75, 3.05) is 20.3 Å². The molecule has 6 heteroatoms. The predicted molar refractivity (Wildman–Crippen MR) is 134 cm³/mol. The summed E-state index contributed by atoms with van der Waals surface area (Å²) in [6, 6.07) is 15.7. The third-order valence-electron chi connectivity index (χ3n) is 6.58. The van der Waals surface area contributed by atoms with Crippen molar-refractivity contribution in [3.63, 3.8) is 0 Å². The molecule has 0 saturated heterocycles. The zero-order valence-corrected chi connectivity index (χ0v) is 20.9. The van der Waals surface area contributed by atoms with Gasteiger partial charge in [0.15, 0.2) is 17.3 Å². The van der Waals surface area contributed by atoms with E-state index >= 15 is 0 Å². The average molecular weight is 476 g/mol. The van der Waals surface area contributed by atoms with E-state index in [9.17, 15) is 9.59 Å². The predicted octanol–water partition coefficient (Wildman–Crippen LogP) is 5.41. The molecular weight excluding hydrogens is 442 g/mol. The Morgan fingerprint density at radius 1 is 1.03 bits per heavy atom. The summed E-state index contributed by atoms with van der Waals surface area (Å²) in [6.07, 6.45) is 1.81. The normalized spacial score (nSPS) is 19.7. The molecule has 2 atom stereocenters. The van der Waals surface area contributed by atoms with Gasteiger partial charge in [-0.25, -0.2) is 4.79 Å². The quantitative estimate of drug-likeness (QED) is 0.515. The number of methoxy groups -OCH3 is 1. The van der Waals surface area contributed by atoms with Gasteiger partial charge in [-0.1, -0.05) is 43.3 Å². The van der Waals surface area contributed by atoms with Gasteiger partial charge in [0.25, 0.3) is 0 Å². The van der Waals surface area contributed by atoms with Crippen LogP contribution in [0.4, 0.5) is 0 Å². The third-order valence-corrected chi connectivity index (χ3v) is 6.58. The molecule has 35 heavy (non-hydrogen) atoms. The number of allylic oxidation sites excluding steroid dienone is 3. The smallest absolute Gasteiger partial charge is 0.336 e. The highest BCUT2D eigenvalue weighted by Gasteiger charge is 2.41. The summed E-state index contributed by atoms with van der Waals surface area (Å²) in [5.41, 5.74) is 4.63. The lowest BCUT2D eigenvalue weighted by molar-refractivity contribution is -0.139. The van der Waals surface area contributed by atoms with E-state index in [2.05, 4.69) is 17.4 Å². The number of hydrogen-bond acceptors (Lipinski definition) is 6. The summed E-state index contributed by atoms with van der Waals surface area (Å²) in [5, 5.41) is 3.40. The molecule has 0 aromatic heterocycles. The van der Waals surface area contributed by atoms with E-state index in [4.69, 9.17) is 14.2 Å². The standard InChI is InChI=1S/C29H33NO5/c1-5-14-35-29(32)26-18(3)30-22-15-21(19-10-8-7-9-11-19)16-23(31)28(22)27(26)20-12-13-24(34-6-2)25(17-20)33-4/h7-13,17,21,27,30H,5-6,14-16H2,1-4H3/t21-,27+/m0/s1. The van der Waals surface area contributed by atoms with Gasteiger partial charge in [-0.3, -0.25) is 4.79 Å². The maximum atomic E-state index is 13.7. The van der Waals surface area contributed by atoms with Gasteiger partial charge in [-0.05, 0) is 55.9 Å². The summed E-state index contributed by atoms with van der Waals surface area (Å²) in [4.78, 5) is 26.9. The molecule has 0 amide bonds. The molecule has 184 valence electrons. The number of ketones is 1. The lowest BCUT2D eigenvalue weighted by Crippen LogP contribution is -2.36. The highest BCUT2D eigenvalue weighted by molar-refractivity contribution is 6.04. The maximum absolute atomic E-state index is 13.7. The Labute approximate surface area is 207 Å². The fraction of sp³-hybridized carbons (Fsp3) is 0.379. The first-order valence-electron chi connectivity index (χ1n) is 12.2. The largest absolute Gasteiger partial charge is 0.493 e. The van der Waals surface area contributed by atoms with Crippen LogP contribution in [0.5, 0.6) is 11.5 Å². The topological polar surface area (TPSA) is 73.9 Å². The second-order valence-corrected chi connectivity index (χ2v) is 8.91. The van der Waals surface area contributed by atoms with Crippen molar-refractivity contribution in [1.29, 1.82) is 0 Å². The third kappa shape index (κ3) is 4.97. The number of Topliss-reactive ketones (excluding diaryl/α,β-unsaturated/α-hetero) is 1. The van der Waals surface area contributed by atoms with Crippen LogP contribution in [0.15, 0.2) is 71.1 Å². The molecule has 2 aliphatic rings. The van der Waals surface area contributed by atoms with E-state index in [1.807, 2.05) is 57.2 Å². The van der Waals surface area contributed by atoms with Crippen LogP contribution in [0.3, 0.4) is 0 Å². The van der Waals surface area contributed by atoms with E-state index in [1.165, 1.54) is 0 Å². The Morgan fingerprint density at radius 3 is 2.49 bits per heavy atom. The van der Waals surface area contributed by atoms with Crippen LogP contribution in [0.1, 0.15) is 63.0 Å². The zero-order chi connectivity index (χ0) is 24.9. The lowest BCUT2D eigenvalue weighted by atomic mass is 9.71. The lowest BCUT2D eigenvalue weighted by Gasteiger charge is -2.36. The van der Waals surface area contributed by atoms with Crippen molar-refractivity contribution in [3.05, 3.63) is 82.2 Å². The molecule has 1 heterocycles. The van der Waals surface area contributed by atoms with Crippen LogP contribution in [-0.4, -0.2) is 32.1 Å². The first-order valence-corrected chi connectivity index (χ1v) is 12.2. The summed E-state index contributed by atoms with van der Waals surface area (Å²) < 4.78 is 16.8. The molecular formula is C29H33NO5. The Hall–Kier alpha value is -3.54. The van der Waals surface area contributed by atoms with E-state index in [0.717, 1.165) is 23.2 Å². The monoisotopic (exact) mass is 475 g/mol. The highest BCUT2D eigenvalue weighted by Crippen LogP contribution is 2.47. The zero-order valence-electron chi connectivity index (χ0n) is 20.9. The molecule has 0 saturated carbocycles. The van der Waals surface area contributed by atoms with Crippen LogP contribution in [-0.2, 0) is 14.3 Å². The van der Waals surface area contributed by atoms with Gasteiger partial charge in [-0.2, -0.15) is 0 Å². The Morgan fingerprint density at radius 2 is 1.80 bits per heavy atom. The number of esters is 1. The maximum Gasteiger partial charge on any atom is 0.336 e. The van der Waals surface area contributed by atoms with Crippen molar-refractivity contribution in [3.8, 4) is 11.5 Å². The first kappa shape index (κ1) is 24.6. The summed E-state index contributed by atoms with van der Waals surface area (Å²) in [7, 11) is 1.59. The second-order valence-electron chi connectivity index (χ2n) is 8.91. The van der Waals surface area contributed by atoms with Gasteiger partial charge in [0.1, 0.15) is 0 Å². The molecule has 1 aliphatic heterocycles. The Bertz CT molecular complexity index is 1160. The van der Waals surface area contributed by atoms with Gasteiger partial charge in [0, 0.05) is 29.3 Å². The number of dihydropyridines is 1. The van der Waals surface area contributed by atoms with Crippen LogP contribution in [0.2, 0.25) is 0 Å². The van der Waals surface area contributed by atoms with Crippen molar-refractivity contribution in [2.45, 2.75) is 51.9 Å². The molecule has 4 rings (SSSR count). The molecule has 1 aliphatic carbocycles. The summed E-state index contributed by atoms with van der Waals surface area (Å²) in [6.45, 7) is 6.57. The van der Waals surface area contributed by atoms with Crippen molar-refractivity contribution < 1.29 is 23.8 Å². The fourth-order valence-electron chi connectivity index (χ4n) is 5.01.